The Labute approximate surface area is 130 Å². The van der Waals surface area contributed by atoms with Crippen molar-refractivity contribution in [1.29, 1.82) is 0 Å². The summed E-state index contributed by atoms with van der Waals surface area (Å²) in [6.45, 7) is 3.94. The fourth-order valence-electron chi connectivity index (χ4n) is 2.50. The van der Waals surface area contributed by atoms with Crippen molar-refractivity contribution in [1.82, 2.24) is 5.32 Å². The zero-order valence-electron chi connectivity index (χ0n) is 12.1. The molecule has 0 spiro atoms. The second-order valence-electron chi connectivity index (χ2n) is 5.46. The predicted octanol–water partition coefficient (Wildman–Crippen LogP) is 1.67. The molecule has 2 N–H and O–H groups in total. The van der Waals surface area contributed by atoms with Crippen molar-refractivity contribution >= 4 is 33.0 Å². The molecule has 1 unspecified atom stereocenters. The molecule has 0 bridgehead atoms. The molecule has 1 amide bonds. The molecular formula is C14H19ClN2O3S. The van der Waals surface area contributed by atoms with Crippen molar-refractivity contribution in [2.45, 2.75) is 26.3 Å². The summed E-state index contributed by atoms with van der Waals surface area (Å²) >= 11 is 6.15. The van der Waals surface area contributed by atoms with E-state index in [-0.39, 0.29) is 30.0 Å². The lowest BCUT2D eigenvalue weighted by Gasteiger charge is -2.14. The lowest BCUT2D eigenvalue weighted by atomic mass is 10.1. The van der Waals surface area contributed by atoms with E-state index in [1.165, 1.54) is 0 Å². The maximum atomic E-state index is 11.9. The number of anilines is 1. The van der Waals surface area contributed by atoms with E-state index in [4.69, 9.17) is 11.6 Å². The second kappa shape index (κ2) is 6.23. The van der Waals surface area contributed by atoms with Gasteiger partial charge in [-0.05, 0) is 37.5 Å². The fraction of sp³-hybridized carbons (Fsp3) is 0.500. The molecule has 1 aromatic rings. The number of benzene rings is 1. The van der Waals surface area contributed by atoms with Gasteiger partial charge >= 0.3 is 0 Å². The quantitative estimate of drug-likeness (QED) is 0.880. The van der Waals surface area contributed by atoms with Crippen LogP contribution in [0.15, 0.2) is 12.1 Å². The van der Waals surface area contributed by atoms with Crippen LogP contribution in [0.4, 0.5) is 5.69 Å². The first-order valence-electron chi connectivity index (χ1n) is 6.77. The molecule has 1 atom stereocenters. The van der Waals surface area contributed by atoms with Gasteiger partial charge in [0, 0.05) is 6.04 Å². The first kappa shape index (κ1) is 16.1. The van der Waals surface area contributed by atoms with Crippen molar-refractivity contribution in [3.05, 3.63) is 28.3 Å². The topological polar surface area (TPSA) is 75.3 Å². The van der Waals surface area contributed by atoms with E-state index in [0.29, 0.717) is 11.4 Å². The van der Waals surface area contributed by atoms with E-state index in [1.807, 2.05) is 26.0 Å². The molecular weight excluding hydrogens is 312 g/mol. The first-order valence-corrected chi connectivity index (χ1v) is 8.97. The van der Waals surface area contributed by atoms with Gasteiger partial charge in [0.1, 0.15) is 0 Å². The molecule has 116 valence electrons. The van der Waals surface area contributed by atoms with Crippen LogP contribution in [0.25, 0.3) is 0 Å². The SMILES string of the molecule is Cc1cc(C)c(NCC(=O)NC2CCS(=O)(=O)C2)c(Cl)c1. The number of halogens is 1. The van der Waals surface area contributed by atoms with Crippen LogP contribution in [0.5, 0.6) is 0 Å². The molecule has 1 heterocycles. The van der Waals surface area contributed by atoms with Crippen molar-refractivity contribution in [2.75, 3.05) is 23.4 Å². The Balaban J connectivity index is 1.90. The number of carbonyl (C=O) groups excluding carboxylic acids is 1. The van der Waals surface area contributed by atoms with E-state index >= 15 is 0 Å². The minimum absolute atomic E-state index is 0.0308. The molecule has 1 fully saturated rings. The number of hydrogen-bond acceptors (Lipinski definition) is 4. The Kier molecular flexibility index (Phi) is 4.78. The minimum Gasteiger partial charge on any atom is -0.375 e. The van der Waals surface area contributed by atoms with E-state index < -0.39 is 9.84 Å². The van der Waals surface area contributed by atoms with E-state index in [1.54, 1.807) is 0 Å². The van der Waals surface area contributed by atoms with Crippen LogP contribution in [0, 0.1) is 13.8 Å². The van der Waals surface area contributed by atoms with Crippen LogP contribution in [-0.2, 0) is 14.6 Å². The third kappa shape index (κ3) is 4.35. The maximum Gasteiger partial charge on any atom is 0.239 e. The average molecular weight is 331 g/mol. The van der Waals surface area contributed by atoms with Gasteiger partial charge in [0.25, 0.3) is 0 Å². The normalized spacial score (nSPS) is 20.2. The number of nitrogens with one attached hydrogen (secondary N) is 2. The number of rotatable bonds is 4. The molecule has 1 aliphatic rings. The summed E-state index contributed by atoms with van der Waals surface area (Å²) in [5.41, 5.74) is 2.76. The van der Waals surface area contributed by atoms with E-state index in [0.717, 1.165) is 16.8 Å². The van der Waals surface area contributed by atoms with Gasteiger partial charge in [-0.3, -0.25) is 4.79 Å². The summed E-state index contributed by atoms with van der Waals surface area (Å²) in [7, 11) is -2.98. The Bertz CT molecular complexity index is 635. The van der Waals surface area contributed by atoms with Crippen LogP contribution in [0.2, 0.25) is 5.02 Å². The maximum absolute atomic E-state index is 11.9. The number of amides is 1. The molecule has 7 heteroatoms. The van der Waals surface area contributed by atoms with Gasteiger partial charge in [0.2, 0.25) is 5.91 Å². The van der Waals surface area contributed by atoms with Crippen molar-refractivity contribution in [3.8, 4) is 0 Å². The summed E-state index contributed by atoms with van der Waals surface area (Å²) in [6.07, 6.45) is 0.485. The average Bonchev–Trinajstić information content (AvgIpc) is 2.67. The van der Waals surface area contributed by atoms with Crippen LogP contribution >= 0.6 is 11.6 Å². The van der Waals surface area contributed by atoms with E-state index in [2.05, 4.69) is 10.6 Å². The molecule has 0 saturated carbocycles. The Morgan fingerprint density at radius 1 is 1.38 bits per heavy atom. The lowest BCUT2D eigenvalue weighted by molar-refractivity contribution is -0.119. The van der Waals surface area contributed by atoms with Gasteiger partial charge in [-0.1, -0.05) is 17.7 Å². The number of aryl methyl sites for hydroxylation is 2. The zero-order chi connectivity index (χ0) is 15.6. The molecule has 1 aliphatic heterocycles. The Morgan fingerprint density at radius 2 is 2.10 bits per heavy atom. The number of carbonyl (C=O) groups is 1. The van der Waals surface area contributed by atoms with Crippen LogP contribution in [0.3, 0.4) is 0 Å². The third-order valence-corrected chi connectivity index (χ3v) is 5.52. The van der Waals surface area contributed by atoms with Crippen molar-refractivity contribution in [2.24, 2.45) is 0 Å². The van der Waals surface area contributed by atoms with Gasteiger partial charge in [-0.25, -0.2) is 8.42 Å². The van der Waals surface area contributed by atoms with Gasteiger partial charge in [0.05, 0.1) is 28.8 Å². The van der Waals surface area contributed by atoms with Crippen molar-refractivity contribution in [3.63, 3.8) is 0 Å². The summed E-state index contributed by atoms with van der Waals surface area (Å²) in [4.78, 5) is 11.9. The molecule has 21 heavy (non-hydrogen) atoms. The highest BCUT2D eigenvalue weighted by Gasteiger charge is 2.28. The van der Waals surface area contributed by atoms with Crippen LogP contribution in [0.1, 0.15) is 17.5 Å². The highest BCUT2D eigenvalue weighted by molar-refractivity contribution is 7.91. The van der Waals surface area contributed by atoms with Crippen LogP contribution in [-0.4, -0.2) is 38.4 Å². The molecule has 5 nitrogen and oxygen atoms in total. The van der Waals surface area contributed by atoms with E-state index in [9.17, 15) is 13.2 Å². The van der Waals surface area contributed by atoms with Crippen LogP contribution < -0.4 is 10.6 Å². The predicted molar refractivity (Wildman–Crippen MR) is 84.6 cm³/mol. The zero-order valence-corrected chi connectivity index (χ0v) is 13.6. The largest absolute Gasteiger partial charge is 0.375 e. The lowest BCUT2D eigenvalue weighted by Crippen LogP contribution is -2.39. The third-order valence-electron chi connectivity index (χ3n) is 3.46. The smallest absolute Gasteiger partial charge is 0.239 e. The van der Waals surface area contributed by atoms with Gasteiger partial charge in [0.15, 0.2) is 9.84 Å². The van der Waals surface area contributed by atoms with Gasteiger partial charge in [-0.2, -0.15) is 0 Å². The first-order chi connectivity index (χ1) is 9.77. The second-order valence-corrected chi connectivity index (χ2v) is 8.10. The van der Waals surface area contributed by atoms with Gasteiger partial charge in [-0.15, -0.1) is 0 Å². The Morgan fingerprint density at radius 3 is 2.67 bits per heavy atom. The highest BCUT2D eigenvalue weighted by Crippen LogP contribution is 2.27. The highest BCUT2D eigenvalue weighted by atomic mass is 35.5. The summed E-state index contributed by atoms with van der Waals surface area (Å²) < 4.78 is 22.7. The molecule has 0 radical (unpaired) electrons. The molecule has 1 aromatic carbocycles. The monoisotopic (exact) mass is 330 g/mol. The Hall–Kier alpha value is -1.27. The van der Waals surface area contributed by atoms with Crippen molar-refractivity contribution < 1.29 is 13.2 Å². The fourth-order valence-corrected chi connectivity index (χ4v) is 4.56. The minimum atomic E-state index is -2.98. The molecule has 0 aromatic heterocycles. The molecule has 2 rings (SSSR count). The number of sulfone groups is 1. The molecule has 0 aliphatic carbocycles. The molecule has 1 saturated heterocycles. The summed E-state index contributed by atoms with van der Waals surface area (Å²) in [5, 5.41) is 6.31. The summed E-state index contributed by atoms with van der Waals surface area (Å²) in [5.74, 6) is -0.0507. The number of hydrogen-bond donors (Lipinski definition) is 2. The van der Waals surface area contributed by atoms with Gasteiger partial charge < -0.3 is 10.6 Å². The summed E-state index contributed by atoms with van der Waals surface area (Å²) in [6, 6.07) is 3.53. The standard InChI is InChI=1S/C14H19ClN2O3S/c1-9-5-10(2)14(12(15)6-9)16-7-13(18)17-11-3-4-21(19,20)8-11/h5-6,11,16H,3-4,7-8H2,1-2H3,(H,17,18).